The Morgan fingerprint density at radius 2 is 2.17 bits per heavy atom. The predicted octanol–water partition coefficient (Wildman–Crippen LogP) is -2.15. The molecule has 0 aliphatic carbocycles. The molecular weight excluding hydrogens is 186 g/mol. The van der Waals surface area contributed by atoms with Crippen molar-refractivity contribution in [3.8, 4) is 0 Å². The second-order valence-electron chi connectivity index (χ2n) is 2.50. The summed E-state index contributed by atoms with van der Waals surface area (Å²) in [6.45, 7) is 1.46. The third-order valence-corrected chi connectivity index (χ3v) is 2.77. The summed E-state index contributed by atoms with van der Waals surface area (Å²) in [4.78, 5) is 10.9. The summed E-state index contributed by atoms with van der Waals surface area (Å²) in [5.41, 5.74) is 2.14. The second kappa shape index (κ2) is 2.66. The monoisotopic (exact) mass is 195 g/mol. The van der Waals surface area contributed by atoms with E-state index in [1.807, 2.05) is 0 Å². The lowest BCUT2D eigenvalue weighted by atomic mass is 10.0. The van der Waals surface area contributed by atoms with E-state index in [0.717, 1.165) is 0 Å². The topological polar surface area (TPSA) is 113 Å². The number of amides is 1. The maximum atomic E-state index is 10.9. The van der Waals surface area contributed by atoms with Crippen molar-refractivity contribution < 1.29 is 17.8 Å². The predicted molar refractivity (Wildman–Crippen MR) is 39.0 cm³/mol. The summed E-state index contributed by atoms with van der Waals surface area (Å²) < 4.78 is 29.8. The van der Waals surface area contributed by atoms with Crippen LogP contribution in [0.2, 0.25) is 0 Å². The van der Waals surface area contributed by atoms with Gasteiger partial charge in [-0.3, -0.25) is 15.2 Å². The molecule has 70 valence electrons. The number of nitrogens with zero attached hydrogens (tertiary/aromatic N) is 1. The van der Waals surface area contributed by atoms with Gasteiger partial charge in [0.15, 0.2) is 0 Å². The molecule has 2 atom stereocenters. The lowest BCUT2D eigenvalue weighted by Crippen LogP contribution is -2.71. The molecule has 1 aliphatic heterocycles. The highest BCUT2D eigenvalue weighted by atomic mass is 32.2. The molecule has 0 aromatic heterocycles. The van der Waals surface area contributed by atoms with Gasteiger partial charge in [-0.25, -0.2) is 9.73 Å². The Kier molecular flexibility index (Phi) is 2.08. The maximum absolute atomic E-state index is 10.9. The van der Waals surface area contributed by atoms with Crippen LogP contribution < -0.4 is 11.3 Å². The summed E-state index contributed by atoms with van der Waals surface area (Å²) in [6, 6.07) is -1.37. The number of carbonyl (C=O) groups is 1. The van der Waals surface area contributed by atoms with Crippen LogP contribution in [0, 0.1) is 0 Å². The molecule has 2 unspecified atom stereocenters. The van der Waals surface area contributed by atoms with Gasteiger partial charge in [0.05, 0.1) is 6.04 Å². The van der Waals surface area contributed by atoms with E-state index < -0.39 is 28.3 Å². The van der Waals surface area contributed by atoms with Crippen molar-refractivity contribution in [1.29, 1.82) is 0 Å². The van der Waals surface area contributed by atoms with Gasteiger partial charge < -0.3 is 0 Å². The van der Waals surface area contributed by atoms with Crippen LogP contribution in [0.1, 0.15) is 6.92 Å². The van der Waals surface area contributed by atoms with Crippen LogP contribution in [0.5, 0.6) is 0 Å². The number of nitrogens with one attached hydrogen (secondary N) is 1. The molecule has 4 N–H and O–H groups in total. The van der Waals surface area contributed by atoms with Crippen LogP contribution in [0.15, 0.2) is 0 Å². The van der Waals surface area contributed by atoms with Crippen molar-refractivity contribution >= 4 is 16.2 Å². The summed E-state index contributed by atoms with van der Waals surface area (Å²) >= 11 is 0. The van der Waals surface area contributed by atoms with Gasteiger partial charge in [0.25, 0.3) is 5.91 Å². The van der Waals surface area contributed by atoms with Crippen molar-refractivity contribution in [1.82, 2.24) is 9.73 Å². The third kappa shape index (κ3) is 1.18. The quantitative estimate of drug-likeness (QED) is 0.200. The van der Waals surface area contributed by atoms with E-state index in [1.54, 1.807) is 0 Å². The van der Waals surface area contributed by atoms with Gasteiger partial charge in [0, 0.05) is 0 Å². The zero-order valence-electron chi connectivity index (χ0n) is 6.26. The fourth-order valence-electron chi connectivity index (χ4n) is 1.13. The largest absolute Gasteiger partial charge is 0.362 e. The Morgan fingerprint density at radius 1 is 1.67 bits per heavy atom. The standard InChI is InChI=1S/C4H9N3O4S/c1-2-3(6-5)4(8)7(2)12(9,10)11/h2-3,6H,5H2,1H3,(H,9,10,11). The number of hydrogen-bond acceptors (Lipinski definition) is 5. The Bertz CT molecular complexity index is 299. The van der Waals surface area contributed by atoms with Crippen LogP contribution in [-0.2, 0) is 15.1 Å². The maximum Gasteiger partial charge on any atom is 0.362 e. The molecule has 12 heavy (non-hydrogen) atoms. The lowest BCUT2D eigenvalue weighted by molar-refractivity contribution is -0.141. The van der Waals surface area contributed by atoms with Crippen molar-refractivity contribution in [2.75, 3.05) is 0 Å². The van der Waals surface area contributed by atoms with Gasteiger partial charge in [-0.05, 0) is 6.92 Å². The van der Waals surface area contributed by atoms with Crippen molar-refractivity contribution in [2.24, 2.45) is 5.84 Å². The first kappa shape index (κ1) is 9.39. The van der Waals surface area contributed by atoms with Gasteiger partial charge >= 0.3 is 10.3 Å². The van der Waals surface area contributed by atoms with E-state index in [0.29, 0.717) is 4.31 Å². The number of hydrogen-bond donors (Lipinski definition) is 3. The molecule has 1 rings (SSSR count). The normalized spacial score (nSPS) is 30.2. The molecule has 0 aromatic rings. The van der Waals surface area contributed by atoms with Crippen LogP contribution in [-0.4, -0.2) is 35.3 Å². The molecule has 8 heteroatoms. The summed E-state index contributed by atoms with van der Waals surface area (Å²) in [5, 5.41) is 0. The van der Waals surface area contributed by atoms with Gasteiger partial charge in [0.2, 0.25) is 0 Å². The first-order valence-electron chi connectivity index (χ1n) is 3.16. The highest BCUT2D eigenvalue weighted by Gasteiger charge is 2.50. The average Bonchev–Trinajstić information content (AvgIpc) is 1.85. The first-order valence-corrected chi connectivity index (χ1v) is 4.56. The zero-order chi connectivity index (χ0) is 9.52. The molecule has 1 heterocycles. The fourth-order valence-corrected chi connectivity index (χ4v) is 2.01. The van der Waals surface area contributed by atoms with E-state index in [-0.39, 0.29) is 0 Å². The third-order valence-electron chi connectivity index (χ3n) is 1.76. The first-order chi connectivity index (χ1) is 5.39. The summed E-state index contributed by atoms with van der Waals surface area (Å²) in [5.74, 6) is 4.20. The number of rotatable bonds is 2. The summed E-state index contributed by atoms with van der Waals surface area (Å²) in [7, 11) is -4.42. The van der Waals surface area contributed by atoms with Crippen LogP contribution >= 0.6 is 0 Å². The molecule has 1 aliphatic rings. The Balaban J connectivity index is 2.83. The number of carbonyl (C=O) groups excluding carboxylic acids is 1. The van der Waals surface area contributed by atoms with Gasteiger partial charge in [-0.1, -0.05) is 0 Å². The average molecular weight is 195 g/mol. The van der Waals surface area contributed by atoms with Crippen LogP contribution in [0.3, 0.4) is 0 Å². The zero-order valence-corrected chi connectivity index (χ0v) is 7.08. The van der Waals surface area contributed by atoms with E-state index in [9.17, 15) is 13.2 Å². The number of nitrogens with two attached hydrogens (primary N) is 1. The van der Waals surface area contributed by atoms with E-state index >= 15 is 0 Å². The number of hydrazine groups is 1. The molecule has 0 spiro atoms. The second-order valence-corrected chi connectivity index (χ2v) is 3.79. The number of β-lactam (4-membered cyclic amide) rings is 1. The molecule has 7 nitrogen and oxygen atoms in total. The van der Waals surface area contributed by atoms with Gasteiger partial charge in [0.1, 0.15) is 6.04 Å². The highest BCUT2D eigenvalue weighted by Crippen LogP contribution is 2.21. The van der Waals surface area contributed by atoms with Crippen molar-refractivity contribution in [2.45, 2.75) is 19.0 Å². The minimum absolute atomic E-state index is 0.373. The van der Waals surface area contributed by atoms with E-state index in [2.05, 4.69) is 5.43 Å². The highest BCUT2D eigenvalue weighted by molar-refractivity contribution is 7.84. The minimum atomic E-state index is -4.42. The summed E-state index contributed by atoms with van der Waals surface area (Å²) in [6.07, 6.45) is 0. The molecule has 1 saturated heterocycles. The van der Waals surface area contributed by atoms with E-state index in [1.165, 1.54) is 6.92 Å². The van der Waals surface area contributed by atoms with Crippen molar-refractivity contribution in [3.05, 3.63) is 0 Å². The van der Waals surface area contributed by atoms with E-state index in [4.69, 9.17) is 10.4 Å². The molecule has 0 radical (unpaired) electrons. The van der Waals surface area contributed by atoms with Crippen LogP contribution in [0.25, 0.3) is 0 Å². The minimum Gasteiger partial charge on any atom is -0.272 e. The Labute approximate surface area is 69.4 Å². The molecule has 0 bridgehead atoms. The molecule has 0 aromatic carbocycles. The van der Waals surface area contributed by atoms with Crippen molar-refractivity contribution in [3.63, 3.8) is 0 Å². The molecule has 0 saturated carbocycles. The Hall–Kier alpha value is -0.700. The molecule has 1 fully saturated rings. The van der Waals surface area contributed by atoms with Crippen LogP contribution in [0.4, 0.5) is 0 Å². The fraction of sp³-hybridized carbons (Fsp3) is 0.750. The smallest absolute Gasteiger partial charge is 0.272 e. The molecular formula is C4H9N3O4S. The molecule has 1 amide bonds. The van der Waals surface area contributed by atoms with Gasteiger partial charge in [-0.15, -0.1) is 0 Å². The lowest BCUT2D eigenvalue weighted by Gasteiger charge is -2.41. The van der Waals surface area contributed by atoms with Gasteiger partial charge in [-0.2, -0.15) is 8.42 Å². The SMILES string of the molecule is CC1C(NN)C(=O)N1S(=O)(=O)O. The Morgan fingerprint density at radius 3 is 2.42 bits per heavy atom.